The Morgan fingerprint density at radius 3 is 2.72 bits per heavy atom. The van der Waals surface area contributed by atoms with E-state index in [1.807, 2.05) is 0 Å². The van der Waals surface area contributed by atoms with Crippen LogP contribution in [0.5, 0.6) is 0 Å². The van der Waals surface area contributed by atoms with Crippen LogP contribution in [0, 0.1) is 17.0 Å². The SMILES string of the molecule is CNc1cc(F)c(F)c2c1[nH]c1ncc(-c3ccc4ccc(C(=O)O)c(=O)n4c3)c(N3CC[C@]4(C[C@@H]4N)C3)c12. The number of carboxylic acids is 1. The number of aromatic amines is 1. The number of carboxylic acid groups (broad SMARTS) is 1. The molecule has 11 heteroatoms. The molecule has 1 spiro atoms. The van der Waals surface area contributed by atoms with Crippen molar-refractivity contribution in [1.82, 2.24) is 14.4 Å². The fourth-order valence-electron chi connectivity index (χ4n) is 6.13. The number of carbonyl (C=O) groups is 1. The van der Waals surface area contributed by atoms with Crippen molar-refractivity contribution >= 4 is 44.8 Å². The highest BCUT2D eigenvalue weighted by Crippen LogP contribution is 2.54. The standard InChI is InChI=1S/C28H24F2N6O3/c1-32-18-8-17(29)22(30)20-21-24(35-7-6-28(12-35)9-19(28)31)16(10-33-25(21)34-23(18)20)13-2-3-14-4-5-15(27(38)39)26(37)36(14)11-13/h2-5,8,10-11,19,32H,6-7,9,12,31H2,1H3,(H,33,34)(H,38,39)/t19-,28-/m0/s1. The largest absolute Gasteiger partial charge is 0.477 e. The fourth-order valence-corrected chi connectivity index (χ4v) is 6.13. The molecular weight excluding hydrogens is 506 g/mol. The summed E-state index contributed by atoms with van der Waals surface area (Å²) in [4.78, 5) is 34.4. The number of fused-ring (bicyclic) bond motifs is 4. The van der Waals surface area contributed by atoms with Crippen LogP contribution in [-0.2, 0) is 0 Å². The van der Waals surface area contributed by atoms with E-state index in [1.165, 1.54) is 10.5 Å². The molecule has 39 heavy (non-hydrogen) atoms. The number of hydrogen-bond donors (Lipinski definition) is 4. The first kappa shape index (κ1) is 23.6. The Morgan fingerprint density at radius 1 is 1.26 bits per heavy atom. The van der Waals surface area contributed by atoms with E-state index in [0.29, 0.717) is 57.7 Å². The van der Waals surface area contributed by atoms with Crippen molar-refractivity contribution in [3.05, 3.63) is 70.3 Å². The number of anilines is 2. The zero-order chi connectivity index (χ0) is 27.2. The van der Waals surface area contributed by atoms with E-state index in [1.54, 1.807) is 37.6 Å². The second-order valence-corrected chi connectivity index (χ2v) is 10.5. The smallest absolute Gasteiger partial charge is 0.341 e. The lowest BCUT2D eigenvalue weighted by molar-refractivity contribution is 0.0694. The number of halogens is 2. The first-order chi connectivity index (χ1) is 18.7. The molecule has 2 aliphatic rings. The molecular formula is C28H24F2N6O3. The maximum absolute atomic E-state index is 15.5. The lowest BCUT2D eigenvalue weighted by Crippen LogP contribution is -2.24. The summed E-state index contributed by atoms with van der Waals surface area (Å²) in [6, 6.07) is 7.56. The van der Waals surface area contributed by atoms with Gasteiger partial charge in [0.15, 0.2) is 11.6 Å². The summed E-state index contributed by atoms with van der Waals surface area (Å²) in [6.45, 7) is 1.32. The number of nitrogens with zero attached hydrogens (tertiary/aromatic N) is 3. The number of nitrogens with two attached hydrogens (primary N) is 1. The van der Waals surface area contributed by atoms with E-state index in [4.69, 9.17) is 5.73 Å². The number of hydrogen-bond acceptors (Lipinski definition) is 6. The van der Waals surface area contributed by atoms with Crippen LogP contribution in [0.1, 0.15) is 23.2 Å². The molecule has 2 atom stereocenters. The molecule has 1 aromatic carbocycles. The normalized spacial score (nSPS) is 20.5. The maximum atomic E-state index is 15.5. The van der Waals surface area contributed by atoms with Crippen LogP contribution < -0.4 is 21.5 Å². The van der Waals surface area contributed by atoms with Gasteiger partial charge in [0, 0.05) is 66.7 Å². The van der Waals surface area contributed by atoms with E-state index >= 15 is 4.39 Å². The van der Waals surface area contributed by atoms with Crippen LogP contribution in [0.2, 0.25) is 0 Å². The molecule has 2 fully saturated rings. The second kappa shape index (κ2) is 8.00. The zero-order valence-electron chi connectivity index (χ0n) is 20.9. The Hall–Kier alpha value is -4.51. The van der Waals surface area contributed by atoms with Gasteiger partial charge in [-0.25, -0.2) is 18.6 Å². The number of aromatic carboxylic acids is 1. The predicted octanol–water partition coefficient (Wildman–Crippen LogP) is 3.94. The Labute approximate surface area is 219 Å². The minimum absolute atomic E-state index is 0.0182. The molecule has 9 nitrogen and oxygen atoms in total. The van der Waals surface area contributed by atoms with Gasteiger partial charge in [-0.05, 0) is 31.0 Å². The van der Waals surface area contributed by atoms with Crippen LogP contribution in [0.15, 0.2) is 47.5 Å². The maximum Gasteiger partial charge on any atom is 0.341 e. The van der Waals surface area contributed by atoms with Gasteiger partial charge in [0.1, 0.15) is 11.2 Å². The Bertz CT molecular complexity index is 1930. The minimum atomic E-state index is -1.32. The predicted molar refractivity (Wildman–Crippen MR) is 145 cm³/mol. The van der Waals surface area contributed by atoms with Crippen LogP contribution in [-0.4, -0.2) is 51.6 Å². The van der Waals surface area contributed by atoms with Crippen LogP contribution >= 0.6 is 0 Å². The summed E-state index contributed by atoms with van der Waals surface area (Å²) in [5.41, 5.74) is 8.82. The summed E-state index contributed by atoms with van der Waals surface area (Å²) >= 11 is 0. The van der Waals surface area contributed by atoms with E-state index < -0.39 is 23.2 Å². The number of benzene rings is 1. The molecule has 0 amide bonds. The molecule has 5 N–H and O–H groups in total. The highest BCUT2D eigenvalue weighted by Gasteiger charge is 2.56. The highest BCUT2D eigenvalue weighted by atomic mass is 19.2. The topological polar surface area (TPSA) is 129 Å². The first-order valence-corrected chi connectivity index (χ1v) is 12.6. The van der Waals surface area contributed by atoms with Crippen LogP contribution in [0.25, 0.3) is 38.6 Å². The van der Waals surface area contributed by atoms with Crippen molar-refractivity contribution in [2.75, 3.05) is 30.4 Å². The monoisotopic (exact) mass is 530 g/mol. The van der Waals surface area contributed by atoms with Gasteiger partial charge in [-0.2, -0.15) is 0 Å². The van der Waals surface area contributed by atoms with Gasteiger partial charge < -0.3 is 26.0 Å². The average molecular weight is 531 g/mol. The van der Waals surface area contributed by atoms with Crippen molar-refractivity contribution < 1.29 is 18.7 Å². The summed E-state index contributed by atoms with van der Waals surface area (Å²) in [5, 5.41) is 12.9. The van der Waals surface area contributed by atoms with Gasteiger partial charge in [0.2, 0.25) is 0 Å². The lowest BCUT2D eigenvalue weighted by atomic mass is 10.0. The Balaban J connectivity index is 1.55. The van der Waals surface area contributed by atoms with E-state index in [0.717, 1.165) is 18.9 Å². The molecule has 0 bridgehead atoms. The van der Waals surface area contributed by atoms with Crippen molar-refractivity contribution in [2.45, 2.75) is 18.9 Å². The third kappa shape index (κ3) is 3.29. The molecule has 198 valence electrons. The van der Waals surface area contributed by atoms with Crippen molar-refractivity contribution in [3.8, 4) is 11.1 Å². The zero-order valence-corrected chi connectivity index (χ0v) is 20.9. The second-order valence-electron chi connectivity index (χ2n) is 10.5. The molecule has 1 aliphatic heterocycles. The van der Waals surface area contributed by atoms with Crippen molar-refractivity contribution in [2.24, 2.45) is 11.1 Å². The molecule has 0 radical (unpaired) electrons. The first-order valence-electron chi connectivity index (χ1n) is 12.6. The van der Waals surface area contributed by atoms with Gasteiger partial charge >= 0.3 is 5.97 Å². The molecule has 0 unspecified atom stereocenters. The Kier molecular flexibility index (Phi) is 4.84. The molecule has 5 heterocycles. The van der Waals surface area contributed by atoms with Gasteiger partial charge in [0.25, 0.3) is 5.56 Å². The molecule has 5 aromatic rings. The summed E-state index contributed by atoms with van der Waals surface area (Å²) < 4.78 is 31.6. The molecule has 1 saturated carbocycles. The summed E-state index contributed by atoms with van der Waals surface area (Å²) in [6.07, 6.45) is 4.98. The van der Waals surface area contributed by atoms with E-state index in [9.17, 15) is 19.1 Å². The number of nitrogens with one attached hydrogen (secondary N) is 2. The molecule has 7 rings (SSSR count). The molecule has 1 aliphatic carbocycles. The third-order valence-electron chi connectivity index (χ3n) is 8.38. The van der Waals surface area contributed by atoms with Crippen molar-refractivity contribution in [1.29, 1.82) is 0 Å². The third-order valence-corrected chi connectivity index (χ3v) is 8.38. The lowest BCUT2D eigenvalue weighted by Gasteiger charge is -2.24. The van der Waals surface area contributed by atoms with Crippen molar-refractivity contribution in [3.63, 3.8) is 0 Å². The van der Waals surface area contributed by atoms with E-state index in [-0.39, 0.29) is 22.4 Å². The van der Waals surface area contributed by atoms with Gasteiger partial charge in [-0.1, -0.05) is 6.07 Å². The minimum Gasteiger partial charge on any atom is -0.477 e. The number of H-pyrrole nitrogens is 1. The number of rotatable bonds is 4. The summed E-state index contributed by atoms with van der Waals surface area (Å²) in [7, 11) is 1.63. The summed E-state index contributed by atoms with van der Waals surface area (Å²) in [5.74, 6) is -3.28. The highest BCUT2D eigenvalue weighted by molar-refractivity contribution is 6.18. The van der Waals surface area contributed by atoms with Crippen LogP contribution in [0.4, 0.5) is 20.2 Å². The fraction of sp³-hybridized carbons (Fsp3) is 0.250. The molecule has 1 saturated heterocycles. The van der Waals surface area contributed by atoms with Gasteiger partial charge in [-0.3, -0.25) is 9.20 Å². The van der Waals surface area contributed by atoms with Gasteiger partial charge in [-0.15, -0.1) is 0 Å². The average Bonchev–Trinajstić information content (AvgIpc) is 3.23. The number of pyridine rings is 3. The quantitative estimate of drug-likeness (QED) is 0.277. The van der Waals surface area contributed by atoms with Gasteiger partial charge in [0.05, 0.1) is 27.7 Å². The van der Waals surface area contributed by atoms with E-state index in [2.05, 4.69) is 20.2 Å². The molecule has 4 aromatic heterocycles. The van der Waals surface area contributed by atoms with Crippen LogP contribution in [0.3, 0.4) is 0 Å². The Morgan fingerprint density at radius 2 is 2.03 bits per heavy atom. The number of aromatic nitrogens is 3.